The van der Waals surface area contributed by atoms with Crippen molar-refractivity contribution < 1.29 is 34.0 Å². The molecule has 50 valence electrons. The first kappa shape index (κ1) is 15.7. The maximum atomic E-state index is 8.74. The summed E-state index contributed by atoms with van der Waals surface area (Å²) in [5.41, 5.74) is 0. The fraction of sp³-hybridized carbons (Fsp3) is 0. The summed E-state index contributed by atoms with van der Waals surface area (Å²) in [6.07, 6.45) is 0. The Morgan fingerprint density at radius 3 is 1.14 bits per heavy atom. The minimum Gasteiger partial charge on any atom is 0 e. The van der Waals surface area contributed by atoms with Crippen molar-refractivity contribution in [1.29, 1.82) is 0 Å². The van der Waals surface area contributed by atoms with Crippen molar-refractivity contribution in [2.45, 2.75) is 0 Å². The van der Waals surface area contributed by atoms with E-state index in [2.05, 4.69) is 0 Å². The van der Waals surface area contributed by atoms with Crippen molar-refractivity contribution in [2.24, 2.45) is 0 Å². The van der Waals surface area contributed by atoms with Crippen molar-refractivity contribution in [3.8, 4) is 0 Å². The van der Waals surface area contributed by atoms with Gasteiger partial charge >= 0.3 is 36.6 Å². The van der Waals surface area contributed by atoms with Gasteiger partial charge < -0.3 is 0 Å². The molecule has 0 atom stereocenters. The Morgan fingerprint density at radius 1 is 1.14 bits per heavy atom. The Morgan fingerprint density at radius 2 is 1.14 bits per heavy atom. The first-order valence-electron chi connectivity index (χ1n) is 0.698. The summed E-state index contributed by atoms with van der Waals surface area (Å²) in [4.78, 5) is 0. The zero-order chi connectivity index (χ0) is 4.50. The van der Waals surface area contributed by atoms with Crippen LogP contribution in [0.3, 0.4) is 0 Å². The average molecular weight is 369 g/mol. The molecule has 0 saturated heterocycles. The second kappa shape index (κ2) is 5.38. The summed E-state index contributed by atoms with van der Waals surface area (Å²) in [5.74, 6) is 0. The number of rotatable bonds is 0. The Kier molecular flexibility index (Phi) is 12.1. The molecule has 0 aliphatic rings. The first-order chi connectivity index (χ1) is 2.00. The molecule has 0 bridgehead atoms. The third kappa shape index (κ3) is 128. The maximum absolute atomic E-state index is 8.74. The van der Waals surface area contributed by atoms with Crippen LogP contribution in [-0.2, 0) is 26.9 Å². The van der Waals surface area contributed by atoms with Crippen molar-refractivity contribution >= 4 is 36.6 Å². The van der Waals surface area contributed by atoms with E-state index in [0.29, 0.717) is 0 Å². The van der Waals surface area contributed by atoms with Crippen molar-refractivity contribution in [3.63, 3.8) is 0 Å². The first-order valence-corrected chi connectivity index (χ1v) is 2.10. The zero-order valence-electron chi connectivity index (χ0n) is 3.14. The molecular formula is H5BiNiO4S. The van der Waals surface area contributed by atoms with E-state index >= 15 is 0 Å². The Bertz CT molecular complexity index is 94.9. The monoisotopic (exact) mass is 368 g/mol. The van der Waals surface area contributed by atoms with Gasteiger partial charge in [-0.2, -0.15) is 8.42 Å². The van der Waals surface area contributed by atoms with Gasteiger partial charge in [0.2, 0.25) is 0 Å². The van der Waals surface area contributed by atoms with E-state index in [9.17, 15) is 0 Å². The van der Waals surface area contributed by atoms with Gasteiger partial charge in [-0.3, -0.25) is 9.11 Å². The molecule has 0 aromatic heterocycles. The molecule has 0 aromatic carbocycles. The van der Waals surface area contributed by atoms with Crippen LogP contribution in [0.15, 0.2) is 0 Å². The summed E-state index contributed by atoms with van der Waals surface area (Å²) < 4.78 is 31.6. The second-order valence-electron chi connectivity index (χ2n) is 0.448. The van der Waals surface area contributed by atoms with E-state index in [4.69, 9.17) is 17.5 Å². The molecule has 7 heavy (non-hydrogen) atoms. The van der Waals surface area contributed by atoms with Gasteiger partial charge in [0, 0.05) is 16.5 Å². The molecule has 2 N–H and O–H groups in total. The van der Waals surface area contributed by atoms with Crippen molar-refractivity contribution in [2.75, 3.05) is 0 Å². The normalized spacial score (nSPS) is 8.29. The summed E-state index contributed by atoms with van der Waals surface area (Å²) in [6, 6.07) is 0. The van der Waals surface area contributed by atoms with Crippen LogP contribution in [0, 0.1) is 0 Å². The predicted molar refractivity (Wildman–Crippen MR) is 24.1 cm³/mol. The average Bonchev–Trinajstić information content (AvgIpc) is 0.722. The van der Waals surface area contributed by atoms with Crippen LogP contribution >= 0.6 is 0 Å². The quantitative estimate of drug-likeness (QED) is 0.389. The summed E-state index contributed by atoms with van der Waals surface area (Å²) in [7, 11) is -4.67. The number of hydrogen-bond donors (Lipinski definition) is 2. The van der Waals surface area contributed by atoms with Crippen LogP contribution in [0.2, 0.25) is 0 Å². The van der Waals surface area contributed by atoms with Gasteiger partial charge in [0.25, 0.3) is 0 Å². The molecule has 0 heterocycles. The Balaban J connectivity index is -0.0000000800. The van der Waals surface area contributed by atoms with Gasteiger partial charge in [0.1, 0.15) is 0 Å². The third-order valence-corrected chi connectivity index (χ3v) is 0. The van der Waals surface area contributed by atoms with E-state index in [-0.39, 0.29) is 42.7 Å². The topological polar surface area (TPSA) is 74.6 Å². The molecule has 0 radical (unpaired) electrons. The maximum Gasteiger partial charge on any atom is 0 e. The molecule has 0 unspecified atom stereocenters. The fourth-order valence-corrected chi connectivity index (χ4v) is 0. The van der Waals surface area contributed by atoms with Gasteiger partial charge in [0.05, 0.1) is 0 Å². The van der Waals surface area contributed by atoms with Crippen LogP contribution in [0.4, 0.5) is 0 Å². The van der Waals surface area contributed by atoms with Gasteiger partial charge in [-0.25, -0.2) is 0 Å². The van der Waals surface area contributed by atoms with Crippen LogP contribution in [-0.4, -0.2) is 43.7 Å². The molecule has 4 nitrogen and oxygen atoms in total. The van der Waals surface area contributed by atoms with Crippen LogP contribution in [0.5, 0.6) is 0 Å². The minimum absolute atomic E-state index is 0. The predicted octanol–water partition coefficient (Wildman–Crippen LogP) is -1.84. The van der Waals surface area contributed by atoms with E-state index in [1.165, 1.54) is 0 Å². The molecule has 0 aliphatic carbocycles. The van der Waals surface area contributed by atoms with E-state index < -0.39 is 10.4 Å². The molecule has 0 amide bonds. The van der Waals surface area contributed by atoms with Crippen molar-refractivity contribution in [1.82, 2.24) is 0 Å². The number of hydrogen-bond acceptors (Lipinski definition) is 2. The fourth-order valence-electron chi connectivity index (χ4n) is 0. The summed E-state index contributed by atoms with van der Waals surface area (Å²) in [6.45, 7) is 0. The molecule has 0 saturated carbocycles. The second-order valence-corrected chi connectivity index (χ2v) is 1.34. The summed E-state index contributed by atoms with van der Waals surface area (Å²) >= 11 is 0. The molecule has 0 aromatic rings. The smallest absolute Gasteiger partial charge is 0 e. The molecule has 0 spiro atoms. The van der Waals surface area contributed by atoms with Crippen molar-refractivity contribution in [3.05, 3.63) is 0 Å². The standard InChI is InChI=1S/Bi.Ni.H2O4S.3H/c;;1-5(2,3)4;;;/h;;(H2,1,2,3,4);;;. The van der Waals surface area contributed by atoms with Gasteiger partial charge in [0.15, 0.2) is 0 Å². The Hall–Kier alpha value is 1.25. The molecule has 0 aliphatic heterocycles. The van der Waals surface area contributed by atoms with Crippen LogP contribution in [0.1, 0.15) is 0 Å². The SMILES string of the molecule is O=S(=O)(O)O.[BiH3].[Ni]. The van der Waals surface area contributed by atoms with Gasteiger partial charge in [-0.15, -0.1) is 0 Å². The zero-order valence-corrected chi connectivity index (χ0v) is 10.4. The Labute approximate surface area is 70.3 Å². The van der Waals surface area contributed by atoms with Crippen LogP contribution < -0.4 is 0 Å². The molecule has 0 rings (SSSR count). The summed E-state index contributed by atoms with van der Waals surface area (Å²) in [5, 5.41) is 0. The van der Waals surface area contributed by atoms with Gasteiger partial charge in [-0.05, 0) is 0 Å². The van der Waals surface area contributed by atoms with Crippen LogP contribution in [0.25, 0.3) is 0 Å². The van der Waals surface area contributed by atoms with E-state index in [0.717, 1.165) is 0 Å². The minimum atomic E-state index is -4.67. The molecule has 0 fully saturated rings. The largest absolute Gasteiger partial charge is 0 e. The van der Waals surface area contributed by atoms with Gasteiger partial charge in [-0.1, -0.05) is 0 Å². The van der Waals surface area contributed by atoms with E-state index in [1.54, 1.807) is 0 Å². The molecular weight excluding hydrogens is 364 g/mol. The third-order valence-electron chi connectivity index (χ3n) is 0. The molecule has 7 heteroatoms. The van der Waals surface area contributed by atoms with E-state index in [1.807, 2.05) is 0 Å².